The molecule has 6 nitrogen and oxygen atoms in total. The van der Waals surface area contributed by atoms with Crippen molar-refractivity contribution >= 4 is 27.3 Å². The molecule has 20 heavy (non-hydrogen) atoms. The van der Waals surface area contributed by atoms with Crippen LogP contribution < -0.4 is 10.0 Å². The van der Waals surface area contributed by atoms with Gasteiger partial charge in [0.1, 0.15) is 4.90 Å². The van der Waals surface area contributed by atoms with Gasteiger partial charge in [0.25, 0.3) is 0 Å². The molecular formula is C12H16N4O2S2. The molecule has 108 valence electrons. The van der Waals surface area contributed by atoms with E-state index in [9.17, 15) is 8.42 Å². The zero-order valence-corrected chi connectivity index (χ0v) is 12.8. The highest BCUT2D eigenvalue weighted by Gasteiger charge is 2.19. The molecule has 0 aliphatic heterocycles. The van der Waals surface area contributed by atoms with Gasteiger partial charge in [0.05, 0.1) is 18.4 Å². The van der Waals surface area contributed by atoms with E-state index in [0.717, 1.165) is 4.88 Å². The molecular weight excluding hydrogens is 296 g/mol. The zero-order valence-electron chi connectivity index (χ0n) is 11.2. The Kier molecular flexibility index (Phi) is 4.69. The largest absolute Gasteiger partial charge is 0.355 e. The summed E-state index contributed by atoms with van der Waals surface area (Å²) >= 11 is 1.51. The molecule has 2 heterocycles. The number of sulfonamides is 1. The molecule has 0 bridgehead atoms. The summed E-state index contributed by atoms with van der Waals surface area (Å²) in [5.74, 6) is 0.415. The summed E-state index contributed by atoms with van der Waals surface area (Å²) in [5, 5.41) is 4.82. The fourth-order valence-corrected chi connectivity index (χ4v) is 3.52. The monoisotopic (exact) mass is 312 g/mol. The summed E-state index contributed by atoms with van der Waals surface area (Å²) in [6.07, 6.45) is 2.60. The number of nitrogens with one attached hydrogen (secondary N) is 2. The Hall–Kier alpha value is -1.51. The second kappa shape index (κ2) is 6.29. The lowest BCUT2D eigenvalue weighted by Crippen LogP contribution is -2.26. The maximum atomic E-state index is 12.2. The van der Waals surface area contributed by atoms with E-state index < -0.39 is 10.0 Å². The van der Waals surface area contributed by atoms with Gasteiger partial charge in [0.2, 0.25) is 16.0 Å². The van der Waals surface area contributed by atoms with Gasteiger partial charge in [-0.25, -0.2) is 23.1 Å². The van der Waals surface area contributed by atoms with Crippen LogP contribution in [0.1, 0.15) is 24.8 Å². The van der Waals surface area contributed by atoms with Crippen molar-refractivity contribution in [2.75, 3.05) is 11.9 Å². The van der Waals surface area contributed by atoms with Crippen molar-refractivity contribution < 1.29 is 8.42 Å². The standard InChI is InChI=1S/C12H16N4O2S2/c1-3-13-12-14-7-10(8-15-12)20(17,18)16-9(2)11-5-4-6-19-11/h4-9,16H,3H2,1-2H3,(H,13,14,15). The van der Waals surface area contributed by atoms with Crippen LogP contribution in [0.25, 0.3) is 0 Å². The van der Waals surface area contributed by atoms with Gasteiger partial charge in [0, 0.05) is 11.4 Å². The average Bonchev–Trinajstić information content (AvgIpc) is 2.93. The molecule has 1 unspecified atom stereocenters. The van der Waals surface area contributed by atoms with Crippen LogP contribution in [0.15, 0.2) is 34.8 Å². The molecule has 0 aliphatic carbocycles. The van der Waals surface area contributed by atoms with Crippen molar-refractivity contribution in [3.8, 4) is 0 Å². The number of nitrogens with zero attached hydrogens (tertiary/aromatic N) is 2. The summed E-state index contributed by atoms with van der Waals surface area (Å²) in [5.41, 5.74) is 0. The highest BCUT2D eigenvalue weighted by atomic mass is 32.2. The smallest absolute Gasteiger partial charge is 0.244 e. The molecule has 2 aromatic heterocycles. The second-order valence-electron chi connectivity index (χ2n) is 4.13. The fraction of sp³-hybridized carbons (Fsp3) is 0.333. The van der Waals surface area contributed by atoms with Crippen molar-refractivity contribution in [3.63, 3.8) is 0 Å². The Morgan fingerprint density at radius 1 is 1.35 bits per heavy atom. The Labute approximate surface area is 122 Å². The highest BCUT2D eigenvalue weighted by Crippen LogP contribution is 2.20. The van der Waals surface area contributed by atoms with Gasteiger partial charge in [0.15, 0.2) is 0 Å². The van der Waals surface area contributed by atoms with Crippen LogP contribution in [-0.2, 0) is 10.0 Å². The predicted octanol–water partition coefficient (Wildman–Crippen LogP) is 2.01. The van der Waals surface area contributed by atoms with Crippen LogP contribution in [0.2, 0.25) is 0 Å². The van der Waals surface area contributed by atoms with Crippen LogP contribution in [0.3, 0.4) is 0 Å². The van der Waals surface area contributed by atoms with Crippen molar-refractivity contribution in [1.29, 1.82) is 0 Å². The number of anilines is 1. The van der Waals surface area contributed by atoms with E-state index in [4.69, 9.17) is 0 Å². The Morgan fingerprint density at radius 3 is 2.60 bits per heavy atom. The first-order valence-corrected chi connectivity index (χ1v) is 8.51. The molecule has 0 aliphatic rings. The molecule has 1 atom stereocenters. The molecule has 2 N–H and O–H groups in total. The van der Waals surface area contributed by atoms with Gasteiger partial charge in [-0.05, 0) is 25.3 Å². The molecule has 0 saturated heterocycles. The fourth-order valence-electron chi connectivity index (χ4n) is 1.60. The Morgan fingerprint density at radius 2 is 2.05 bits per heavy atom. The minimum Gasteiger partial charge on any atom is -0.355 e. The van der Waals surface area contributed by atoms with Crippen molar-refractivity contribution in [2.24, 2.45) is 0 Å². The quantitative estimate of drug-likeness (QED) is 0.852. The number of rotatable bonds is 6. The maximum absolute atomic E-state index is 12.2. The lowest BCUT2D eigenvalue weighted by molar-refractivity contribution is 0.567. The lowest BCUT2D eigenvalue weighted by atomic mass is 10.3. The van der Waals surface area contributed by atoms with Gasteiger partial charge in [-0.1, -0.05) is 6.07 Å². The molecule has 0 amide bonds. The molecule has 0 spiro atoms. The average molecular weight is 312 g/mol. The van der Waals surface area contributed by atoms with Crippen LogP contribution in [0, 0.1) is 0 Å². The van der Waals surface area contributed by atoms with E-state index >= 15 is 0 Å². The summed E-state index contributed by atoms with van der Waals surface area (Å²) in [6.45, 7) is 4.40. The summed E-state index contributed by atoms with van der Waals surface area (Å²) in [6, 6.07) is 3.50. The summed E-state index contributed by atoms with van der Waals surface area (Å²) < 4.78 is 27.0. The SMILES string of the molecule is CCNc1ncc(S(=O)(=O)NC(C)c2cccs2)cn1. The van der Waals surface area contributed by atoms with E-state index in [1.54, 1.807) is 6.92 Å². The van der Waals surface area contributed by atoms with Gasteiger partial charge < -0.3 is 5.32 Å². The van der Waals surface area contributed by atoms with Crippen molar-refractivity contribution in [3.05, 3.63) is 34.8 Å². The Bertz CT molecular complexity index is 639. The first kappa shape index (κ1) is 14.9. The number of hydrogen-bond acceptors (Lipinski definition) is 6. The van der Waals surface area contributed by atoms with Crippen molar-refractivity contribution in [2.45, 2.75) is 24.8 Å². The van der Waals surface area contributed by atoms with E-state index in [2.05, 4.69) is 20.0 Å². The van der Waals surface area contributed by atoms with Crippen LogP contribution >= 0.6 is 11.3 Å². The molecule has 2 aromatic rings. The maximum Gasteiger partial charge on any atom is 0.244 e. The van der Waals surface area contributed by atoms with E-state index in [1.165, 1.54) is 23.7 Å². The zero-order chi connectivity index (χ0) is 14.6. The summed E-state index contributed by atoms with van der Waals surface area (Å²) in [7, 11) is -3.61. The Balaban J connectivity index is 2.13. The predicted molar refractivity (Wildman–Crippen MR) is 79.3 cm³/mol. The minimum atomic E-state index is -3.61. The summed E-state index contributed by atoms with van der Waals surface area (Å²) in [4.78, 5) is 8.95. The second-order valence-corrected chi connectivity index (χ2v) is 6.82. The molecule has 0 fully saturated rings. The topological polar surface area (TPSA) is 84.0 Å². The first-order valence-electron chi connectivity index (χ1n) is 6.14. The van der Waals surface area contributed by atoms with E-state index in [1.807, 2.05) is 24.4 Å². The third-order valence-corrected chi connectivity index (χ3v) is 5.13. The lowest BCUT2D eigenvalue weighted by Gasteiger charge is -2.12. The van der Waals surface area contributed by atoms with E-state index in [0.29, 0.717) is 12.5 Å². The van der Waals surface area contributed by atoms with Gasteiger partial charge >= 0.3 is 0 Å². The minimum absolute atomic E-state index is 0.0579. The normalized spacial score (nSPS) is 13.1. The first-order chi connectivity index (χ1) is 9.53. The molecule has 0 aromatic carbocycles. The van der Waals surface area contributed by atoms with Gasteiger partial charge in [-0.3, -0.25) is 0 Å². The third-order valence-electron chi connectivity index (χ3n) is 2.58. The van der Waals surface area contributed by atoms with Gasteiger partial charge in [-0.15, -0.1) is 11.3 Å². The molecule has 8 heteroatoms. The van der Waals surface area contributed by atoms with Crippen LogP contribution in [0.4, 0.5) is 5.95 Å². The van der Waals surface area contributed by atoms with Crippen molar-refractivity contribution in [1.82, 2.24) is 14.7 Å². The number of thiophene rings is 1. The van der Waals surface area contributed by atoms with Gasteiger partial charge in [-0.2, -0.15) is 0 Å². The van der Waals surface area contributed by atoms with E-state index in [-0.39, 0.29) is 10.9 Å². The number of aromatic nitrogens is 2. The third kappa shape index (κ3) is 3.53. The highest BCUT2D eigenvalue weighted by molar-refractivity contribution is 7.89. The van der Waals surface area contributed by atoms with Crippen LogP contribution in [-0.4, -0.2) is 24.9 Å². The number of hydrogen-bond donors (Lipinski definition) is 2. The van der Waals surface area contributed by atoms with Crippen LogP contribution in [0.5, 0.6) is 0 Å². The molecule has 0 radical (unpaired) electrons. The molecule has 0 saturated carbocycles. The molecule has 2 rings (SSSR count).